The van der Waals surface area contributed by atoms with Crippen LogP contribution in [-0.4, -0.2) is 11.7 Å². The summed E-state index contributed by atoms with van der Waals surface area (Å²) < 4.78 is 0. The van der Waals surface area contributed by atoms with Gasteiger partial charge in [-0.15, -0.1) is 0 Å². The van der Waals surface area contributed by atoms with E-state index < -0.39 is 0 Å². The van der Waals surface area contributed by atoms with Crippen LogP contribution < -0.4 is 0 Å². The van der Waals surface area contributed by atoms with Gasteiger partial charge < -0.3 is 5.11 Å². The van der Waals surface area contributed by atoms with E-state index in [1.54, 1.807) is 6.08 Å². The first-order valence-electron chi connectivity index (χ1n) is 1.78. The van der Waals surface area contributed by atoms with Crippen LogP contribution in [0, 0.1) is 0 Å². The number of aliphatic hydroxyl groups excluding tert-OH is 1. The van der Waals surface area contributed by atoms with Crippen molar-refractivity contribution in [3.8, 4) is 0 Å². The standard InChI is InChI=1S/C4H7ClO/c5-3-1-2-4-6/h1,3,6H,2,4H2/b3-1-. The van der Waals surface area contributed by atoms with E-state index in [2.05, 4.69) is 0 Å². The van der Waals surface area contributed by atoms with Crippen LogP contribution in [0.15, 0.2) is 11.6 Å². The fraction of sp³-hybridized carbons (Fsp3) is 0.500. The van der Waals surface area contributed by atoms with Crippen LogP contribution in [0.4, 0.5) is 0 Å². The smallest absolute Gasteiger partial charge is 0.0465 e. The Kier molecular flexibility index (Phi) is 4.98. The van der Waals surface area contributed by atoms with Crippen LogP contribution in [0.2, 0.25) is 0 Å². The zero-order chi connectivity index (χ0) is 4.83. The van der Waals surface area contributed by atoms with Gasteiger partial charge in [-0.2, -0.15) is 0 Å². The Morgan fingerprint density at radius 3 is 2.50 bits per heavy atom. The first-order valence-corrected chi connectivity index (χ1v) is 2.21. The lowest BCUT2D eigenvalue weighted by molar-refractivity contribution is 0.302. The third-order valence-corrected chi connectivity index (χ3v) is 0.563. The monoisotopic (exact) mass is 106 g/mol. The van der Waals surface area contributed by atoms with Gasteiger partial charge in [0.1, 0.15) is 0 Å². The molecule has 0 saturated carbocycles. The molecule has 0 spiro atoms. The molecule has 1 N–H and O–H groups in total. The molecule has 0 unspecified atom stereocenters. The normalized spacial score (nSPS) is 10.3. The van der Waals surface area contributed by atoms with Gasteiger partial charge in [0.25, 0.3) is 0 Å². The maximum Gasteiger partial charge on any atom is 0.0465 e. The molecule has 0 aromatic rings. The Bertz CT molecular complexity index is 42.8. The van der Waals surface area contributed by atoms with E-state index in [9.17, 15) is 0 Å². The molecular weight excluding hydrogens is 99.5 g/mol. The minimum absolute atomic E-state index is 0.184. The van der Waals surface area contributed by atoms with Crippen molar-refractivity contribution < 1.29 is 5.11 Å². The van der Waals surface area contributed by atoms with E-state index in [0.717, 1.165) is 0 Å². The fourth-order valence-electron chi connectivity index (χ4n) is 0.138. The molecule has 0 saturated heterocycles. The SMILES string of the molecule is OCC/C=C\Cl. The Morgan fingerprint density at radius 1 is 1.67 bits per heavy atom. The summed E-state index contributed by atoms with van der Waals surface area (Å²) in [5.74, 6) is 0. The highest BCUT2D eigenvalue weighted by Crippen LogP contribution is 1.81. The van der Waals surface area contributed by atoms with Gasteiger partial charge in [-0.3, -0.25) is 0 Å². The van der Waals surface area contributed by atoms with Crippen LogP contribution in [0.3, 0.4) is 0 Å². The third kappa shape index (κ3) is 3.99. The number of aliphatic hydroxyl groups is 1. The van der Waals surface area contributed by atoms with Crippen LogP contribution in [0.5, 0.6) is 0 Å². The van der Waals surface area contributed by atoms with Gasteiger partial charge in [-0.1, -0.05) is 17.7 Å². The van der Waals surface area contributed by atoms with Gasteiger partial charge in [0.15, 0.2) is 0 Å². The average Bonchev–Trinajstić information content (AvgIpc) is 1.61. The molecular formula is C4H7ClO. The number of hydrogen-bond acceptors (Lipinski definition) is 1. The highest BCUT2D eigenvalue weighted by molar-refractivity contribution is 6.25. The summed E-state index contributed by atoms with van der Waals surface area (Å²) >= 11 is 5.09. The van der Waals surface area contributed by atoms with E-state index >= 15 is 0 Å². The van der Waals surface area contributed by atoms with Crippen molar-refractivity contribution in [2.24, 2.45) is 0 Å². The fourth-order valence-corrected chi connectivity index (χ4v) is 0.264. The molecule has 0 fully saturated rings. The van der Waals surface area contributed by atoms with Crippen LogP contribution >= 0.6 is 11.6 Å². The minimum Gasteiger partial charge on any atom is -0.396 e. The van der Waals surface area contributed by atoms with E-state index in [0.29, 0.717) is 6.42 Å². The molecule has 0 aliphatic carbocycles. The van der Waals surface area contributed by atoms with Crippen molar-refractivity contribution in [1.82, 2.24) is 0 Å². The van der Waals surface area contributed by atoms with E-state index in [1.807, 2.05) is 0 Å². The molecule has 0 atom stereocenters. The van der Waals surface area contributed by atoms with E-state index in [4.69, 9.17) is 16.7 Å². The molecule has 0 heterocycles. The van der Waals surface area contributed by atoms with Gasteiger partial charge in [0, 0.05) is 12.1 Å². The molecule has 0 rings (SSSR count). The molecule has 36 valence electrons. The second-order valence-electron chi connectivity index (χ2n) is 0.874. The minimum atomic E-state index is 0.184. The van der Waals surface area contributed by atoms with Gasteiger partial charge in [0.2, 0.25) is 0 Å². The van der Waals surface area contributed by atoms with Crippen molar-refractivity contribution in [2.75, 3.05) is 6.61 Å². The number of rotatable bonds is 2. The van der Waals surface area contributed by atoms with Crippen molar-refractivity contribution in [2.45, 2.75) is 6.42 Å². The zero-order valence-corrected chi connectivity index (χ0v) is 4.15. The summed E-state index contributed by atoms with van der Waals surface area (Å²) in [4.78, 5) is 0. The summed E-state index contributed by atoms with van der Waals surface area (Å²) in [6, 6.07) is 0. The maximum atomic E-state index is 8.09. The van der Waals surface area contributed by atoms with Gasteiger partial charge in [-0.25, -0.2) is 0 Å². The maximum absolute atomic E-state index is 8.09. The summed E-state index contributed by atoms with van der Waals surface area (Å²) in [5, 5.41) is 8.09. The summed E-state index contributed by atoms with van der Waals surface area (Å²) in [7, 11) is 0. The Balaban J connectivity index is 2.66. The van der Waals surface area contributed by atoms with Crippen molar-refractivity contribution in [3.05, 3.63) is 11.6 Å². The lowest BCUT2D eigenvalue weighted by Gasteiger charge is -1.75. The quantitative estimate of drug-likeness (QED) is 0.560. The lowest BCUT2D eigenvalue weighted by atomic mass is 10.5. The van der Waals surface area contributed by atoms with Crippen LogP contribution in [0.1, 0.15) is 6.42 Å². The molecule has 6 heavy (non-hydrogen) atoms. The molecule has 0 aliphatic rings. The first-order chi connectivity index (χ1) is 2.91. The molecule has 0 bridgehead atoms. The predicted molar refractivity (Wildman–Crippen MR) is 26.7 cm³/mol. The molecule has 0 aromatic carbocycles. The second-order valence-corrected chi connectivity index (χ2v) is 1.13. The molecule has 0 amide bonds. The van der Waals surface area contributed by atoms with Crippen LogP contribution in [-0.2, 0) is 0 Å². The Hall–Kier alpha value is -0.0100. The summed E-state index contributed by atoms with van der Waals surface area (Å²) in [5.41, 5.74) is 1.40. The Morgan fingerprint density at radius 2 is 2.33 bits per heavy atom. The largest absolute Gasteiger partial charge is 0.396 e. The Labute approximate surface area is 42.2 Å². The van der Waals surface area contributed by atoms with Gasteiger partial charge in [-0.05, 0) is 6.42 Å². The topological polar surface area (TPSA) is 20.2 Å². The highest BCUT2D eigenvalue weighted by atomic mass is 35.5. The average molecular weight is 107 g/mol. The summed E-state index contributed by atoms with van der Waals surface area (Å²) in [6.07, 6.45) is 2.35. The number of halogens is 1. The summed E-state index contributed by atoms with van der Waals surface area (Å²) in [6.45, 7) is 0.184. The van der Waals surface area contributed by atoms with E-state index in [-0.39, 0.29) is 6.61 Å². The van der Waals surface area contributed by atoms with Crippen molar-refractivity contribution in [3.63, 3.8) is 0 Å². The van der Waals surface area contributed by atoms with Crippen molar-refractivity contribution in [1.29, 1.82) is 0 Å². The first kappa shape index (κ1) is 5.99. The predicted octanol–water partition coefficient (Wildman–Crippen LogP) is 1.12. The van der Waals surface area contributed by atoms with Gasteiger partial charge >= 0.3 is 0 Å². The second kappa shape index (κ2) is 4.99. The lowest BCUT2D eigenvalue weighted by Crippen LogP contribution is -1.72. The molecule has 0 aromatic heterocycles. The third-order valence-electron chi connectivity index (χ3n) is 0.385. The molecule has 0 aliphatic heterocycles. The van der Waals surface area contributed by atoms with E-state index in [1.165, 1.54) is 5.54 Å². The highest BCUT2D eigenvalue weighted by Gasteiger charge is 1.66. The number of hydrogen-bond donors (Lipinski definition) is 1. The molecule has 1 nitrogen and oxygen atoms in total. The van der Waals surface area contributed by atoms with Gasteiger partial charge in [0.05, 0.1) is 0 Å². The zero-order valence-electron chi connectivity index (χ0n) is 3.39. The molecule has 2 heteroatoms. The van der Waals surface area contributed by atoms with Crippen molar-refractivity contribution >= 4 is 11.6 Å². The molecule has 0 radical (unpaired) electrons. The van der Waals surface area contributed by atoms with Crippen LogP contribution in [0.25, 0.3) is 0 Å².